The second-order valence-corrected chi connectivity index (χ2v) is 11.3. The van der Waals surface area contributed by atoms with Gasteiger partial charge in [0.25, 0.3) is 0 Å². The lowest BCUT2D eigenvalue weighted by Gasteiger charge is -2.39. The van der Waals surface area contributed by atoms with Crippen molar-refractivity contribution in [3.63, 3.8) is 0 Å². The zero-order chi connectivity index (χ0) is 28.0. The summed E-state index contributed by atoms with van der Waals surface area (Å²) in [5.74, 6) is -1.17. The summed E-state index contributed by atoms with van der Waals surface area (Å²) in [6.07, 6.45) is 0.371. The number of ether oxygens (including phenoxy) is 1. The van der Waals surface area contributed by atoms with E-state index in [1.54, 1.807) is 41.3 Å². The molecule has 3 rings (SSSR count). The molecule has 3 N–H and O–H groups in total. The smallest absolute Gasteiger partial charge is 0.303 e. The van der Waals surface area contributed by atoms with Gasteiger partial charge < -0.3 is 25.0 Å². The molecule has 4 atom stereocenters. The van der Waals surface area contributed by atoms with Gasteiger partial charge in [0.1, 0.15) is 0 Å². The number of hydrogen-bond donors (Lipinski definition) is 3. The van der Waals surface area contributed by atoms with Gasteiger partial charge in [0, 0.05) is 53.6 Å². The number of aryl methyl sites for hydroxylation is 1. The standard InChI is InChI=1S/C30H38ClNO6/c1-5-19(2)29-24-14-22(31)10-11-25(24)32(17-30(3,4)18-33)27(35)16-23(38-29)15-26(34)21-8-6-7-20(13-21)9-12-28(36)37/h5-8,10-11,13-14,19,23,26,29,33-34H,1,9,12,15-18H2,2-4H3,(H,36,37)/t19?,23-,26?,29?/m1/s1. The number of nitrogens with zero attached hydrogens (tertiary/aromatic N) is 1. The molecule has 38 heavy (non-hydrogen) atoms. The van der Waals surface area contributed by atoms with Gasteiger partial charge in [-0.1, -0.05) is 62.7 Å². The third-order valence-corrected chi connectivity index (χ3v) is 7.18. The van der Waals surface area contributed by atoms with Crippen LogP contribution >= 0.6 is 11.6 Å². The predicted octanol–water partition coefficient (Wildman–Crippen LogP) is 5.48. The summed E-state index contributed by atoms with van der Waals surface area (Å²) >= 11 is 6.39. The molecule has 0 spiro atoms. The van der Waals surface area contributed by atoms with Gasteiger partial charge in [-0.25, -0.2) is 0 Å². The summed E-state index contributed by atoms with van der Waals surface area (Å²) in [6, 6.07) is 12.6. The van der Waals surface area contributed by atoms with Gasteiger partial charge in [0.15, 0.2) is 0 Å². The number of amides is 1. The van der Waals surface area contributed by atoms with E-state index in [2.05, 4.69) is 6.58 Å². The van der Waals surface area contributed by atoms with E-state index in [1.807, 2.05) is 32.9 Å². The first-order valence-electron chi connectivity index (χ1n) is 12.9. The first kappa shape index (κ1) is 29.8. The van der Waals surface area contributed by atoms with Crippen molar-refractivity contribution in [2.45, 2.75) is 64.8 Å². The van der Waals surface area contributed by atoms with Crippen molar-refractivity contribution in [2.24, 2.45) is 11.3 Å². The second-order valence-electron chi connectivity index (χ2n) is 10.9. The Morgan fingerprint density at radius 3 is 2.68 bits per heavy atom. The number of hydrogen-bond acceptors (Lipinski definition) is 5. The van der Waals surface area contributed by atoms with Crippen molar-refractivity contribution >= 4 is 29.2 Å². The van der Waals surface area contributed by atoms with Crippen molar-refractivity contribution in [3.05, 3.63) is 76.8 Å². The Morgan fingerprint density at radius 2 is 2.03 bits per heavy atom. The Bertz CT molecular complexity index is 1150. The number of rotatable bonds is 11. The van der Waals surface area contributed by atoms with Crippen LogP contribution in [0.15, 0.2) is 55.1 Å². The van der Waals surface area contributed by atoms with Crippen LogP contribution in [0.2, 0.25) is 5.02 Å². The number of carboxylic acid groups (broad SMARTS) is 1. The van der Waals surface area contributed by atoms with Gasteiger partial charge >= 0.3 is 5.97 Å². The third kappa shape index (κ3) is 7.67. The maximum absolute atomic E-state index is 13.7. The Labute approximate surface area is 229 Å². The maximum atomic E-state index is 13.7. The molecule has 0 saturated heterocycles. The number of halogens is 1. The molecule has 1 aliphatic rings. The lowest BCUT2D eigenvalue weighted by atomic mass is 9.90. The normalized spacial score (nSPS) is 19.7. The highest BCUT2D eigenvalue weighted by molar-refractivity contribution is 6.30. The predicted molar refractivity (Wildman–Crippen MR) is 148 cm³/mol. The molecule has 0 radical (unpaired) electrons. The molecule has 0 aromatic heterocycles. The Morgan fingerprint density at radius 1 is 1.29 bits per heavy atom. The van der Waals surface area contributed by atoms with Crippen LogP contribution < -0.4 is 4.90 Å². The molecule has 0 aliphatic carbocycles. The number of anilines is 1. The number of aliphatic carboxylic acids is 1. The maximum Gasteiger partial charge on any atom is 0.303 e. The number of carbonyl (C=O) groups excluding carboxylic acids is 1. The summed E-state index contributed by atoms with van der Waals surface area (Å²) in [5, 5.41) is 30.6. The van der Waals surface area contributed by atoms with Crippen molar-refractivity contribution in [2.75, 3.05) is 18.1 Å². The summed E-state index contributed by atoms with van der Waals surface area (Å²) < 4.78 is 6.54. The first-order valence-corrected chi connectivity index (χ1v) is 13.3. The van der Waals surface area contributed by atoms with Gasteiger partial charge in [-0.05, 0) is 35.7 Å². The fourth-order valence-corrected chi connectivity index (χ4v) is 4.86. The minimum absolute atomic E-state index is 0.00288. The monoisotopic (exact) mass is 543 g/mol. The van der Waals surface area contributed by atoms with E-state index in [0.29, 0.717) is 29.2 Å². The van der Waals surface area contributed by atoms with Gasteiger partial charge in [0.05, 0.1) is 24.7 Å². The molecule has 0 saturated carbocycles. The van der Waals surface area contributed by atoms with Crippen LogP contribution in [0.4, 0.5) is 5.69 Å². The van der Waals surface area contributed by atoms with Crippen molar-refractivity contribution in [3.8, 4) is 0 Å². The summed E-state index contributed by atoms with van der Waals surface area (Å²) in [5.41, 5.74) is 2.35. The number of aliphatic hydroxyl groups excluding tert-OH is 2. The lowest BCUT2D eigenvalue weighted by molar-refractivity contribution is -0.137. The molecule has 0 fully saturated rings. The number of benzene rings is 2. The topological polar surface area (TPSA) is 107 Å². The minimum atomic E-state index is -0.919. The van der Waals surface area contributed by atoms with E-state index >= 15 is 0 Å². The van der Waals surface area contributed by atoms with E-state index in [1.165, 1.54) is 0 Å². The number of carbonyl (C=O) groups is 2. The number of fused-ring (bicyclic) bond motifs is 1. The first-order chi connectivity index (χ1) is 17.9. The van der Waals surface area contributed by atoms with Crippen LogP contribution in [0.25, 0.3) is 0 Å². The van der Waals surface area contributed by atoms with E-state index in [9.17, 15) is 19.8 Å². The Hall–Kier alpha value is -2.71. The van der Waals surface area contributed by atoms with Crippen molar-refractivity contribution < 1.29 is 29.6 Å². The van der Waals surface area contributed by atoms with Crippen LogP contribution in [0, 0.1) is 11.3 Å². The van der Waals surface area contributed by atoms with E-state index in [0.717, 1.165) is 11.1 Å². The van der Waals surface area contributed by atoms with Gasteiger partial charge in [-0.15, -0.1) is 6.58 Å². The fourth-order valence-electron chi connectivity index (χ4n) is 4.68. The van der Waals surface area contributed by atoms with Crippen LogP contribution in [0.5, 0.6) is 0 Å². The Balaban J connectivity index is 1.96. The zero-order valence-electron chi connectivity index (χ0n) is 22.3. The van der Waals surface area contributed by atoms with E-state index in [4.69, 9.17) is 21.4 Å². The highest BCUT2D eigenvalue weighted by Gasteiger charge is 2.36. The number of aliphatic hydroxyl groups is 2. The van der Waals surface area contributed by atoms with Gasteiger partial charge in [-0.3, -0.25) is 9.59 Å². The third-order valence-electron chi connectivity index (χ3n) is 6.94. The van der Waals surface area contributed by atoms with Crippen molar-refractivity contribution in [1.29, 1.82) is 0 Å². The van der Waals surface area contributed by atoms with Crippen molar-refractivity contribution in [1.82, 2.24) is 0 Å². The molecule has 1 aliphatic heterocycles. The largest absolute Gasteiger partial charge is 0.481 e. The highest BCUT2D eigenvalue weighted by Crippen LogP contribution is 2.41. The Kier molecular flexibility index (Phi) is 10.1. The van der Waals surface area contributed by atoms with E-state index < -0.39 is 29.7 Å². The molecule has 2 aromatic rings. The fraction of sp³-hybridized carbons (Fsp3) is 0.467. The van der Waals surface area contributed by atoms with Gasteiger partial charge in [0.2, 0.25) is 5.91 Å². The lowest BCUT2D eigenvalue weighted by Crippen LogP contribution is -2.44. The molecule has 1 heterocycles. The minimum Gasteiger partial charge on any atom is -0.481 e. The molecule has 2 aromatic carbocycles. The molecular weight excluding hydrogens is 506 g/mol. The summed E-state index contributed by atoms with van der Waals surface area (Å²) in [7, 11) is 0. The van der Waals surface area contributed by atoms with Gasteiger partial charge in [-0.2, -0.15) is 0 Å². The molecule has 8 heteroatoms. The van der Waals surface area contributed by atoms with Crippen LogP contribution in [-0.4, -0.2) is 46.5 Å². The average molecular weight is 544 g/mol. The number of carboxylic acids is 1. The molecule has 0 bridgehead atoms. The van der Waals surface area contributed by atoms with Crippen LogP contribution in [-0.2, 0) is 20.7 Å². The average Bonchev–Trinajstić information content (AvgIpc) is 2.88. The summed E-state index contributed by atoms with van der Waals surface area (Å²) in [4.78, 5) is 26.3. The summed E-state index contributed by atoms with van der Waals surface area (Å²) in [6.45, 7) is 9.92. The molecule has 7 nitrogen and oxygen atoms in total. The quantitative estimate of drug-likeness (QED) is 0.324. The molecule has 3 unspecified atom stereocenters. The molecule has 206 valence electrons. The zero-order valence-corrected chi connectivity index (χ0v) is 23.0. The van der Waals surface area contributed by atoms with Crippen LogP contribution in [0.3, 0.4) is 0 Å². The highest BCUT2D eigenvalue weighted by atomic mass is 35.5. The van der Waals surface area contributed by atoms with E-state index in [-0.39, 0.29) is 37.7 Å². The second kappa shape index (κ2) is 12.9. The van der Waals surface area contributed by atoms with Crippen LogP contribution in [0.1, 0.15) is 68.9 Å². The SMILES string of the molecule is C=CC(C)C1O[C@H](CC(O)c2cccc(CCC(=O)O)c2)CC(=O)N(CC(C)(C)CO)c2ccc(Cl)cc21. The molecule has 1 amide bonds. The molecular formula is C30H38ClNO6.